The van der Waals surface area contributed by atoms with Crippen molar-refractivity contribution in [3.8, 4) is 0 Å². The minimum absolute atomic E-state index is 1.21. The molecule has 0 atom stereocenters. The predicted octanol–water partition coefficient (Wildman–Crippen LogP) is 7.53. The summed E-state index contributed by atoms with van der Waals surface area (Å²) in [6.07, 6.45) is 29.9. The number of aryl methyl sites for hydroxylation is 2. The van der Waals surface area contributed by atoms with Crippen molar-refractivity contribution in [2.75, 3.05) is 0 Å². The van der Waals surface area contributed by atoms with Gasteiger partial charge in [-0.2, -0.15) is 0 Å². The van der Waals surface area contributed by atoms with Crippen LogP contribution in [0.1, 0.15) is 129 Å². The molecule has 27 heavy (non-hydrogen) atoms. The van der Waals surface area contributed by atoms with E-state index >= 15 is 0 Å². The second kappa shape index (κ2) is 17.3. The Morgan fingerprint density at radius 3 is 1.56 bits per heavy atom. The van der Waals surface area contributed by atoms with Crippen molar-refractivity contribution in [3.05, 3.63) is 18.2 Å². The molecule has 0 aliphatic rings. The summed E-state index contributed by atoms with van der Waals surface area (Å²) in [5.74, 6) is 1.50. The largest absolute Gasteiger partial charge is 0.256 e. The van der Waals surface area contributed by atoms with Crippen LogP contribution in [0.25, 0.3) is 0 Å². The third kappa shape index (κ3) is 12.3. The molecule has 0 aliphatic heterocycles. The van der Waals surface area contributed by atoms with Crippen LogP contribution in [-0.2, 0) is 20.0 Å². The van der Waals surface area contributed by atoms with E-state index in [1.54, 1.807) is 0 Å². The number of aromatic nitrogens is 2. The van der Waals surface area contributed by atoms with Gasteiger partial charge in [0.25, 0.3) is 5.82 Å². The van der Waals surface area contributed by atoms with Crippen molar-refractivity contribution < 1.29 is 4.57 Å². The second-order valence-electron chi connectivity index (χ2n) is 8.57. The van der Waals surface area contributed by atoms with Gasteiger partial charge in [0.05, 0.1) is 13.6 Å². The first kappa shape index (κ1) is 24.2. The fraction of sp³-hybridized carbons (Fsp3) is 0.880. The van der Waals surface area contributed by atoms with Crippen LogP contribution in [0.15, 0.2) is 12.4 Å². The lowest BCUT2D eigenvalue weighted by Crippen LogP contribution is -2.37. The molecule has 0 spiro atoms. The van der Waals surface area contributed by atoms with E-state index in [-0.39, 0.29) is 0 Å². The molecule has 1 heterocycles. The third-order valence-corrected chi connectivity index (χ3v) is 5.97. The van der Waals surface area contributed by atoms with Crippen molar-refractivity contribution in [2.24, 2.45) is 7.05 Å². The highest BCUT2D eigenvalue weighted by Gasteiger charge is 2.12. The average molecular weight is 378 g/mol. The Morgan fingerprint density at radius 2 is 1.07 bits per heavy atom. The zero-order valence-electron chi connectivity index (χ0n) is 19.0. The number of hydrogen-bond donors (Lipinski definition) is 0. The van der Waals surface area contributed by atoms with Crippen LogP contribution in [0.5, 0.6) is 0 Å². The van der Waals surface area contributed by atoms with Gasteiger partial charge in [-0.1, -0.05) is 104 Å². The van der Waals surface area contributed by atoms with E-state index < -0.39 is 0 Å². The van der Waals surface area contributed by atoms with Crippen LogP contribution in [0.4, 0.5) is 0 Å². The maximum atomic E-state index is 2.48. The molecule has 0 unspecified atom stereocenters. The fourth-order valence-electron chi connectivity index (χ4n) is 4.07. The standard InChI is InChI=1S/C25H49N2/c1-4-6-8-9-10-11-12-13-14-15-16-17-18-19-20-22-27-24-23-26(3)25(27)21-7-5-2/h23-24H,4-22H2,1-3H3/q+1. The molecule has 0 bridgehead atoms. The number of hydrogen-bond acceptors (Lipinski definition) is 0. The SMILES string of the molecule is CCCCCCCCCCCCCCCCC[n+]1ccn(C)c1CCCC. The van der Waals surface area contributed by atoms with Crippen LogP contribution >= 0.6 is 0 Å². The van der Waals surface area contributed by atoms with E-state index in [0.717, 1.165) is 0 Å². The highest BCUT2D eigenvalue weighted by Crippen LogP contribution is 2.13. The summed E-state index contributed by atoms with van der Waals surface area (Å²) in [5, 5.41) is 0. The van der Waals surface area contributed by atoms with Gasteiger partial charge in [-0.15, -0.1) is 0 Å². The molecule has 0 radical (unpaired) electrons. The lowest BCUT2D eigenvalue weighted by atomic mass is 10.0. The lowest BCUT2D eigenvalue weighted by Gasteiger charge is -2.04. The van der Waals surface area contributed by atoms with Crippen LogP contribution in [0, 0.1) is 0 Å². The Hall–Kier alpha value is -0.790. The van der Waals surface area contributed by atoms with Gasteiger partial charge in [0.15, 0.2) is 0 Å². The first-order valence-electron chi connectivity index (χ1n) is 12.3. The molecule has 2 nitrogen and oxygen atoms in total. The van der Waals surface area contributed by atoms with Crippen LogP contribution in [0.2, 0.25) is 0 Å². The predicted molar refractivity (Wildman–Crippen MR) is 119 cm³/mol. The normalized spacial score (nSPS) is 11.4. The van der Waals surface area contributed by atoms with Gasteiger partial charge in [-0.3, -0.25) is 0 Å². The van der Waals surface area contributed by atoms with Gasteiger partial charge in [-0.05, 0) is 19.3 Å². The highest BCUT2D eigenvalue weighted by molar-refractivity contribution is 4.82. The average Bonchev–Trinajstić information content (AvgIpc) is 3.02. The quantitative estimate of drug-likeness (QED) is 0.174. The summed E-state index contributed by atoms with van der Waals surface area (Å²) in [6.45, 7) is 5.78. The molecule has 2 heteroatoms. The van der Waals surface area contributed by atoms with Crippen LogP contribution < -0.4 is 4.57 Å². The third-order valence-electron chi connectivity index (χ3n) is 5.97. The first-order valence-corrected chi connectivity index (χ1v) is 12.3. The summed E-state index contributed by atoms with van der Waals surface area (Å²) in [5.41, 5.74) is 0. The molecule has 0 saturated heterocycles. The van der Waals surface area contributed by atoms with Gasteiger partial charge in [0.2, 0.25) is 0 Å². The maximum Gasteiger partial charge on any atom is 0.256 e. The molecule has 0 aromatic carbocycles. The molecule has 158 valence electrons. The summed E-state index contributed by atoms with van der Waals surface area (Å²) < 4.78 is 4.79. The zero-order valence-corrected chi connectivity index (χ0v) is 19.0. The number of imidazole rings is 1. The second-order valence-corrected chi connectivity index (χ2v) is 8.57. The molecule has 0 saturated carbocycles. The Bertz CT molecular complexity index is 436. The number of rotatable bonds is 19. The lowest BCUT2D eigenvalue weighted by molar-refractivity contribution is -0.704. The fourth-order valence-corrected chi connectivity index (χ4v) is 4.07. The number of nitrogens with zero attached hydrogens (tertiary/aromatic N) is 2. The van der Waals surface area contributed by atoms with Gasteiger partial charge in [0.1, 0.15) is 12.4 Å². The highest BCUT2D eigenvalue weighted by atomic mass is 15.1. The van der Waals surface area contributed by atoms with Gasteiger partial charge >= 0.3 is 0 Å². The van der Waals surface area contributed by atoms with E-state index in [9.17, 15) is 0 Å². The summed E-state index contributed by atoms with van der Waals surface area (Å²) in [6, 6.07) is 0. The van der Waals surface area contributed by atoms with Crippen molar-refractivity contribution >= 4 is 0 Å². The molecule has 0 fully saturated rings. The van der Waals surface area contributed by atoms with Crippen molar-refractivity contribution in [3.63, 3.8) is 0 Å². The van der Waals surface area contributed by atoms with E-state index in [1.165, 1.54) is 128 Å². The van der Waals surface area contributed by atoms with Gasteiger partial charge in [0, 0.05) is 6.42 Å². The molecule has 1 aromatic heterocycles. The summed E-state index contributed by atoms with van der Waals surface area (Å²) >= 11 is 0. The van der Waals surface area contributed by atoms with E-state index in [0.29, 0.717) is 0 Å². The van der Waals surface area contributed by atoms with Gasteiger partial charge in [-0.25, -0.2) is 9.13 Å². The molecule has 1 rings (SSSR count). The monoisotopic (exact) mass is 377 g/mol. The summed E-state index contributed by atoms with van der Waals surface area (Å²) in [7, 11) is 2.19. The zero-order chi connectivity index (χ0) is 19.6. The molecule has 1 aromatic rings. The van der Waals surface area contributed by atoms with E-state index in [2.05, 4.69) is 42.4 Å². The van der Waals surface area contributed by atoms with Crippen molar-refractivity contribution in [1.29, 1.82) is 0 Å². The Balaban J connectivity index is 1.88. The Morgan fingerprint density at radius 1 is 0.630 bits per heavy atom. The molecule has 0 N–H and O–H groups in total. The summed E-state index contributed by atoms with van der Waals surface area (Å²) in [4.78, 5) is 0. The minimum Gasteiger partial charge on any atom is -0.237 e. The topological polar surface area (TPSA) is 8.81 Å². The number of unbranched alkanes of at least 4 members (excludes halogenated alkanes) is 15. The first-order chi connectivity index (χ1) is 13.3. The van der Waals surface area contributed by atoms with Crippen molar-refractivity contribution in [1.82, 2.24) is 4.57 Å². The van der Waals surface area contributed by atoms with E-state index in [1.807, 2.05) is 0 Å². The maximum absolute atomic E-state index is 2.48. The Labute approximate surface area is 170 Å². The van der Waals surface area contributed by atoms with Crippen LogP contribution in [-0.4, -0.2) is 4.57 Å². The molecule has 0 amide bonds. The van der Waals surface area contributed by atoms with Gasteiger partial charge < -0.3 is 0 Å². The minimum atomic E-state index is 1.21. The molecular weight excluding hydrogens is 328 g/mol. The molecule has 0 aliphatic carbocycles. The Kier molecular flexibility index (Phi) is 15.6. The van der Waals surface area contributed by atoms with Crippen LogP contribution in [0.3, 0.4) is 0 Å². The molecular formula is C25H49N2+. The van der Waals surface area contributed by atoms with Crippen molar-refractivity contribution in [2.45, 2.75) is 136 Å². The van der Waals surface area contributed by atoms with E-state index in [4.69, 9.17) is 0 Å². The smallest absolute Gasteiger partial charge is 0.237 e.